The average molecular weight is 351 g/mol. The summed E-state index contributed by atoms with van der Waals surface area (Å²) in [6.07, 6.45) is 0. The van der Waals surface area contributed by atoms with Gasteiger partial charge >= 0.3 is 0 Å². The zero-order valence-electron chi connectivity index (χ0n) is 14.7. The van der Waals surface area contributed by atoms with Crippen molar-refractivity contribution in [2.45, 2.75) is 19.7 Å². The number of benzene rings is 3. The summed E-state index contributed by atoms with van der Waals surface area (Å²) in [4.78, 5) is 0. The lowest BCUT2D eigenvalue weighted by atomic mass is 10.1. The molecular weight excluding hydrogens is 329 g/mol. The Morgan fingerprint density at radius 3 is 2.42 bits per heavy atom. The zero-order valence-corrected chi connectivity index (χ0v) is 14.7. The Balaban J connectivity index is 1.55. The predicted octanol–water partition coefficient (Wildman–Crippen LogP) is 4.70. The van der Waals surface area contributed by atoms with Crippen molar-refractivity contribution >= 4 is 0 Å². The van der Waals surface area contributed by atoms with E-state index in [1.54, 1.807) is 25.3 Å². The van der Waals surface area contributed by atoms with Crippen LogP contribution in [0.1, 0.15) is 16.7 Å². The average Bonchev–Trinajstić information content (AvgIpc) is 2.68. The molecule has 0 spiro atoms. The number of nitrogens with one attached hydrogen (secondary N) is 1. The van der Waals surface area contributed by atoms with Crippen LogP contribution in [0.2, 0.25) is 0 Å². The summed E-state index contributed by atoms with van der Waals surface area (Å²) < 4.78 is 24.7. The molecule has 0 saturated carbocycles. The topological polar surface area (TPSA) is 30.5 Å². The van der Waals surface area contributed by atoms with Crippen LogP contribution in [-0.4, -0.2) is 7.11 Å². The Bertz CT molecular complexity index is 851. The van der Waals surface area contributed by atoms with Crippen molar-refractivity contribution in [1.82, 2.24) is 5.32 Å². The highest BCUT2D eigenvalue weighted by Gasteiger charge is 2.04. The van der Waals surface area contributed by atoms with E-state index in [2.05, 4.69) is 5.32 Å². The van der Waals surface area contributed by atoms with E-state index in [0.29, 0.717) is 18.7 Å². The number of para-hydroxylation sites is 1. The molecule has 3 nitrogen and oxygen atoms in total. The molecule has 0 amide bonds. The lowest BCUT2D eigenvalue weighted by molar-refractivity contribution is 0.299. The molecule has 0 unspecified atom stereocenters. The van der Waals surface area contributed by atoms with Crippen molar-refractivity contribution in [1.29, 1.82) is 0 Å². The van der Waals surface area contributed by atoms with E-state index in [-0.39, 0.29) is 12.4 Å². The SMILES string of the molecule is COc1ccccc1CNCc1cccc(OCc2ccccc2F)c1. The number of hydrogen-bond donors (Lipinski definition) is 1. The highest BCUT2D eigenvalue weighted by molar-refractivity contribution is 5.33. The molecule has 0 heterocycles. The second-order valence-electron chi connectivity index (χ2n) is 5.94. The molecule has 0 aliphatic rings. The van der Waals surface area contributed by atoms with Gasteiger partial charge in [0.2, 0.25) is 0 Å². The van der Waals surface area contributed by atoms with Crippen molar-refractivity contribution in [3.05, 3.63) is 95.3 Å². The third-order valence-electron chi connectivity index (χ3n) is 4.09. The molecule has 0 aromatic heterocycles. The maximum atomic E-state index is 13.7. The smallest absolute Gasteiger partial charge is 0.129 e. The van der Waals surface area contributed by atoms with Crippen LogP contribution < -0.4 is 14.8 Å². The Labute approximate surface area is 153 Å². The van der Waals surface area contributed by atoms with Crippen LogP contribution in [0.25, 0.3) is 0 Å². The van der Waals surface area contributed by atoms with Crippen LogP contribution in [0.15, 0.2) is 72.8 Å². The maximum absolute atomic E-state index is 13.7. The summed E-state index contributed by atoms with van der Waals surface area (Å²) in [7, 11) is 1.68. The van der Waals surface area contributed by atoms with Crippen molar-refractivity contribution < 1.29 is 13.9 Å². The fourth-order valence-corrected chi connectivity index (χ4v) is 2.71. The van der Waals surface area contributed by atoms with Gasteiger partial charge in [0.1, 0.15) is 23.9 Å². The first-order valence-corrected chi connectivity index (χ1v) is 8.54. The van der Waals surface area contributed by atoms with Gasteiger partial charge < -0.3 is 14.8 Å². The number of methoxy groups -OCH3 is 1. The van der Waals surface area contributed by atoms with E-state index in [0.717, 1.165) is 22.6 Å². The van der Waals surface area contributed by atoms with Crippen LogP contribution in [-0.2, 0) is 19.7 Å². The molecule has 3 rings (SSSR count). The second kappa shape index (κ2) is 9.02. The molecule has 0 aliphatic heterocycles. The molecule has 0 fully saturated rings. The molecule has 0 radical (unpaired) electrons. The molecule has 0 atom stereocenters. The number of halogens is 1. The summed E-state index contributed by atoms with van der Waals surface area (Å²) in [5.74, 6) is 1.36. The van der Waals surface area contributed by atoms with E-state index >= 15 is 0 Å². The molecular formula is C22H22FNO2. The minimum Gasteiger partial charge on any atom is -0.496 e. The van der Waals surface area contributed by atoms with Gasteiger partial charge in [-0.2, -0.15) is 0 Å². The highest BCUT2D eigenvalue weighted by Crippen LogP contribution is 2.18. The number of ether oxygens (including phenoxy) is 2. The van der Waals surface area contributed by atoms with Crippen LogP contribution in [0.4, 0.5) is 4.39 Å². The van der Waals surface area contributed by atoms with Crippen molar-refractivity contribution in [3.8, 4) is 11.5 Å². The highest BCUT2D eigenvalue weighted by atomic mass is 19.1. The molecule has 3 aromatic rings. The Morgan fingerprint density at radius 1 is 0.846 bits per heavy atom. The second-order valence-corrected chi connectivity index (χ2v) is 5.94. The first-order valence-electron chi connectivity index (χ1n) is 8.54. The van der Waals surface area contributed by atoms with Crippen LogP contribution >= 0.6 is 0 Å². The lowest BCUT2D eigenvalue weighted by Crippen LogP contribution is -2.13. The van der Waals surface area contributed by atoms with Gasteiger partial charge in [0.05, 0.1) is 7.11 Å². The Kier molecular flexibility index (Phi) is 6.23. The van der Waals surface area contributed by atoms with Gasteiger partial charge in [0, 0.05) is 24.2 Å². The molecule has 0 bridgehead atoms. The zero-order chi connectivity index (χ0) is 18.2. The quantitative estimate of drug-likeness (QED) is 0.638. The Morgan fingerprint density at radius 2 is 1.62 bits per heavy atom. The van der Waals surface area contributed by atoms with Gasteiger partial charge in [-0.1, -0.05) is 48.5 Å². The summed E-state index contributed by atoms with van der Waals surface area (Å²) in [5.41, 5.74) is 2.76. The number of rotatable bonds is 8. The third-order valence-corrected chi connectivity index (χ3v) is 4.09. The predicted molar refractivity (Wildman–Crippen MR) is 101 cm³/mol. The van der Waals surface area contributed by atoms with Gasteiger partial charge in [-0.05, 0) is 29.8 Å². The van der Waals surface area contributed by atoms with Crippen LogP contribution in [0, 0.1) is 5.82 Å². The minimum atomic E-state index is -0.248. The van der Waals surface area contributed by atoms with E-state index in [1.165, 1.54) is 6.07 Å². The first-order chi connectivity index (χ1) is 12.8. The normalized spacial score (nSPS) is 10.5. The van der Waals surface area contributed by atoms with Crippen molar-refractivity contribution in [2.24, 2.45) is 0 Å². The fourth-order valence-electron chi connectivity index (χ4n) is 2.71. The fraction of sp³-hybridized carbons (Fsp3) is 0.182. The Hall–Kier alpha value is -2.85. The van der Waals surface area contributed by atoms with E-state index in [9.17, 15) is 4.39 Å². The summed E-state index contributed by atoms with van der Waals surface area (Å²) in [5, 5.41) is 3.41. The number of hydrogen-bond acceptors (Lipinski definition) is 3. The monoisotopic (exact) mass is 351 g/mol. The molecule has 0 aliphatic carbocycles. The molecule has 1 N–H and O–H groups in total. The summed E-state index contributed by atoms with van der Waals surface area (Å²) in [6, 6.07) is 22.4. The van der Waals surface area contributed by atoms with E-state index in [1.807, 2.05) is 48.5 Å². The van der Waals surface area contributed by atoms with E-state index in [4.69, 9.17) is 9.47 Å². The molecule has 3 aromatic carbocycles. The largest absolute Gasteiger partial charge is 0.496 e. The molecule has 134 valence electrons. The summed E-state index contributed by atoms with van der Waals surface area (Å²) in [6.45, 7) is 1.63. The van der Waals surface area contributed by atoms with Gasteiger partial charge in [0.25, 0.3) is 0 Å². The first kappa shape index (κ1) is 18.0. The van der Waals surface area contributed by atoms with E-state index < -0.39 is 0 Å². The molecule has 26 heavy (non-hydrogen) atoms. The maximum Gasteiger partial charge on any atom is 0.129 e. The summed E-state index contributed by atoms with van der Waals surface area (Å²) >= 11 is 0. The molecule has 4 heteroatoms. The van der Waals surface area contributed by atoms with Gasteiger partial charge in [-0.3, -0.25) is 0 Å². The van der Waals surface area contributed by atoms with Gasteiger partial charge in [0.15, 0.2) is 0 Å². The third kappa shape index (κ3) is 4.83. The standard InChI is InChI=1S/C22H22FNO2/c1-25-22-12-5-3-8-18(22)15-24-14-17-7-6-10-20(13-17)26-16-19-9-2-4-11-21(19)23/h2-13,24H,14-16H2,1H3. The minimum absolute atomic E-state index is 0.213. The van der Waals surface area contributed by atoms with Crippen molar-refractivity contribution in [2.75, 3.05) is 7.11 Å². The van der Waals surface area contributed by atoms with Crippen LogP contribution in [0.5, 0.6) is 11.5 Å². The van der Waals surface area contributed by atoms with Gasteiger partial charge in [-0.25, -0.2) is 4.39 Å². The van der Waals surface area contributed by atoms with Crippen LogP contribution in [0.3, 0.4) is 0 Å². The van der Waals surface area contributed by atoms with Crippen molar-refractivity contribution in [3.63, 3.8) is 0 Å². The molecule has 0 saturated heterocycles. The van der Waals surface area contributed by atoms with Gasteiger partial charge in [-0.15, -0.1) is 0 Å². The lowest BCUT2D eigenvalue weighted by Gasteiger charge is -2.11.